The molecule has 0 bridgehead atoms. The largest absolute Gasteiger partial charge is 0.376 e. The SMILES string of the molecule is CCc1ccccc1N(C(=O)CN1C(=O)c2ccccc2S1(=O)=O)[C@H](C(=O)NC[C@@H]1CCCO1)c1ccc(F)cc1. The van der Waals surface area contributed by atoms with Crippen molar-refractivity contribution >= 4 is 33.4 Å². The quantitative estimate of drug-likeness (QED) is 0.415. The highest BCUT2D eigenvalue weighted by Gasteiger charge is 2.44. The highest BCUT2D eigenvalue weighted by atomic mass is 32.2. The van der Waals surface area contributed by atoms with Crippen molar-refractivity contribution in [2.24, 2.45) is 0 Å². The smallest absolute Gasteiger partial charge is 0.269 e. The predicted octanol–water partition coefficient (Wildman–Crippen LogP) is 3.60. The third-order valence-electron chi connectivity index (χ3n) is 7.31. The third-order valence-corrected chi connectivity index (χ3v) is 9.10. The fraction of sp³-hybridized carbons (Fsp3) is 0.300. The van der Waals surface area contributed by atoms with Crippen LogP contribution in [0.2, 0.25) is 0 Å². The van der Waals surface area contributed by atoms with E-state index in [9.17, 15) is 27.2 Å². The van der Waals surface area contributed by atoms with Crippen molar-refractivity contribution in [3.8, 4) is 0 Å². The molecule has 1 N–H and O–H groups in total. The number of ether oxygens (including phenoxy) is 1. The maximum atomic E-state index is 14.2. The topological polar surface area (TPSA) is 113 Å². The highest BCUT2D eigenvalue weighted by molar-refractivity contribution is 7.90. The molecule has 0 aromatic heterocycles. The maximum Gasteiger partial charge on any atom is 0.269 e. The summed E-state index contributed by atoms with van der Waals surface area (Å²) >= 11 is 0. The van der Waals surface area contributed by atoms with Crippen LogP contribution >= 0.6 is 0 Å². The molecule has 11 heteroatoms. The van der Waals surface area contributed by atoms with Crippen molar-refractivity contribution in [2.75, 3.05) is 24.6 Å². The molecule has 5 rings (SSSR count). The molecule has 0 spiro atoms. The van der Waals surface area contributed by atoms with Crippen molar-refractivity contribution in [3.63, 3.8) is 0 Å². The number of hydrogen-bond acceptors (Lipinski definition) is 6. The number of sulfonamides is 1. The van der Waals surface area contributed by atoms with E-state index in [4.69, 9.17) is 4.74 Å². The molecule has 41 heavy (non-hydrogen) atoms. The second-order valence-electron chi connectivity index (χ2n) is 9.89. The number of fused-ring (bicyclic) bond motifs is 1. The van der Waals surface area contributed by atoms with Gasteiger partial charge in [0.15, 0.2) is 0 Å². The minimum absolute atomic E-state index is 0.0230. The van der Waals surface area contributed by atoms with E-state index in [-0.39, 0.29) is 23.1 Å². The van der Waals surface area contributed by atoms with E-state index in [1.807, 2.05) is 6.92 Å². The van der Waals surface area contributed by atoms with Crippen molar-refractivity contribution in [1.82, 2.24) is 9.62 Å². The molecule has 2 heterocycles. The van der Waals surface area contributed by atoms with E-state index >= 15 is 0 Å². The Morgan fingerprint density at radius 1 is 1.07 bits per heavy atom. The van der Waals surface area contributed by atoms with E-state index in [1.54, 1.807) is 30.3 Å². The molecule has 0 unspecified atom stereocenters. The number of amides is 3. The Hall–Kier alpha value is -4.09. The van der Waals surface area contributed by atoms with Crippen LogP contribution in [0, 0.1) is 5.82 Å². The van der Waals surface area contributed by atoms with E-state index in [0.717, 1.165) is 18.4 Å². The molecule has 214 valence electrons. The Labute approximate surface area is 238 Å². The van der Waals surface area contributed by atoms with Gasteiger partial charge in [0.25, 0.3) is 15.9 Å². The van der Waals surface area contributed by atoms with Gasteiger partial charge in [-0.15, -0.1) is 0 Å². The minimum Gasteiger partial charge on any atom is -0.376 e. The van der Waals surface area contributed by atoms with Gasteiger partial charge in [0.05, 0.1) is 11.7 Å². The number of benzene rings is 3. The molecular formula is C30H30FN3O6S. The Morgan fingerprint density at radius 3 is 2.46 bits per heavy atom. The number of nitrogens with zero attached hydrogens (tertiary/aromatic N) is 2. The maximum absolute atomic E-state index is 14.2. The molecular weight excluding hydrogens is 549 g/mol. The van der Waals surface area contributed by atoms with E-state index in [0.29, 0.717) is 28.6 Å². The first-order valence-electron chi connectivity index (χ1n) is 13.4. The Balaban J connectivity index is 1.57. The first-order valence-corrected chi connectivity index (χ1v) is 14.9. The fourth-order valence-electron chi connectivity index (χ4n) is 5.23. The summed E-state index contributed by atoms with van der Waals surface area (Å²) in [4.78, 5) is 42.2. The molecule has 3 aromatic carbocycles. The lowest BCUT2D eigenvalue weighted by molar-refractivity contribution is -0.127. The summed E-state index contributed by atoms with van der Waals surface area (Å²) < 4.78 is 46.6. The lowest BCUT2D eigenvalue weighted by Crippen LogP contribution is -2.49. The first kappa shape index (κ1) is 28.4. The fourth-order valence-corrected chi connectivity index (χ4v) is 6.75. The van der Waals surface area contributed by atoms with Crippen LogP contribution in [0.15, 0.2) is 77.7 Å². The van der Waals surface area contributed by atoms with Crippen LogP contribution in [0.1, 0.15) is 47.3 Å². The summed E-state index contributed by atoms with van der Waals surface area (Å²) in [5, 5.41) is 2.86. The number of hydrogen-bond donors (Lipinski definition) is 1. The number of halogens is 1. The van der Waals surface area contributed by atoms with Gasteiger partial charge in [-0.2, -0.15) is 0 Å². The van der Waals surface area contributed by atoms with Gasteiger partial charge in [-0.3, -0.25) is 19.3 Å². The zero-order chi connectivity index (χ0) is 29.1. The minimum atomic E-state index is -4.29. The standard InChI is InChI=1S/C30H30FN3O6S/c1-2-20-8-3-5-11-25(20)34(27(35)19-33-30(37)24-10-4-6-12-26(24)41(33,38)39)28(21-13-15-22(31)16-14-21)29(36)32-18-23-9-7-17-40-23/h3-6,8,10-16,23,28H,2,7,9,17-19H2,1H3,(H,32,36)/t23-,28-/m0/s1. The van der Waals surface area contributed by atoms with Crippen molar-refractivity contribution < 1.29 is 31.9 Å². The lowest BCUT2D eigenvalue weighted by Gasteiger charge is -2.34. The molecule has 2 aliphatic rings. The van der Waals surface area contributed by atoms with Gasteiger partial charge in [0, 0.05) is 18.8 Å². The van der Waals surface area contributed by atoms with Crippen LogP contribution in [-0.4, -0.2) is 56.2 Å². The lowest BCUT2D eigenvalue weighted by atomic mass is 10.0. The normalized spacial score (nSPS) is 18.1. The second-order valence-corrected chi connectivity index (χ2v) is 11.7. The van der Waals surface area contributed by atoms with Crippen molar-refractivity contribution in [3.05, 3.63) is 95.3 Å². The number of para-hydroxylation sites is 1. The highest BCUT2D eigenvalue weighted by Crippen LogP contribution is 2.34. The zero-order valence-corrected chi connectivity index (χ0v) is 23.3. The molecule has 3 aromatic rings. The molecule has 3 amide bonds. The van der Waals surface area contributed by atoms with Gasteiger partial charge in [-0.1, -0.05) is 49.4 Å². The molecule has 0 saturated carbocycles. The number of carbonyl (C=O) groups is 3. The zero-order valence-electron chi connectivity index (χ0n) is 22.5. The number of aryl methyl sites for hydroxylation is 1. The average molecular weight is 580 g/mol. The van der Waals surface area contributed by atoms with Crippen molar-refractivity contribution in [1.29, 1.82) is 0 Å². The number of nitrogens with one attached hydrogen (secondary N) is 1. The van der Waals surface area contributed by atoms with Crippen LogP contribution in [-0.2, 0) is 30.8 Å². The third kappa shape index (κ3) is 5.59. The molecule has 9 nitrogen and oxygen atoms in total. The Morgan fingerprint density at radius 2 is 1.78 bits per heavy atom. The number of rotatable bonds is 9. The van der Waals surface area contributed by atoms with Crippen molar-refractivity contribution in [2.45, 2.75) is 43.2 Å². The van der Waals surface area contributed by atoms with Gasteiger partial charge < -0.3 is 10.1 Å². The van der Waals surface area contributed by atoms with Gasteiger partial charge in [-0.25, -0.2) is 17.1 Å². The van der Waals surface area contributed by atoms with Crippen LogP contribution in [0.4, 0.5) is 10.1 Å². The summed E-state index contributed by atoms with van der Waals surface area (Å²) in [6, 6.07) is 16.6. The first-order chi connectivity index (χ1) is 19.7. The second kappa shape index (κ2) is 11.8. The van der Waals surface area contributed by atoms with Crippen LogP contribution in [0.3, 0.4) is 0 Å². The summed E-state index contributed by atoms with van der Waals surface area (Å²) in [5.41, 5.74) is 1.39. The summed E-state index contributed by atoms with van der Waals surface area (Å²) in [7, 11) is -4.29. The molecule has 2 aliphatic heterocycles. The monoisotopic (exact) mass is 579 g/mol. The van der Waals surface area contributed by atoms with Crippen LogP contribution < -0.4 is 10.2 Å². The van der Waals surface area contributed by atoms with Crippen LogP contribution in [0.25, 0.3) is 0 Å². The van der Waals surface area contributed by atoms with Gasteiger partial charge in [-0.05, 0) is 60.7 Å². The Bertz CT molecular complexity index is 1570. The summed E-state index contributed by atoms with van der Waals surface area (Å²) in [5.74, 6) is -2.69. The predicted molar refractivity (Wildman–Crippen MR) is 149 cm³/mol. The number of carbonyl (C=O) groups excluding carboxylic acids is 3. The summed E-state index contributed by atoms with van der Waals surface area (Å²) in [6.45, 7) is 1.86. The Kier molecular flexibility index (Phi) is 8.18. The molecule has 1 fully saturated rings. The van der Waals surface area contributed by atoms with E-state index in [1.165, 1.54) is 47.4 Å². The molecule has 2 atom stereocenters. The van der Waals surface area contributed by atoms with E-state index in [2.05, 4.69) is 5.32 Å². The van der Waals surface area contributed by atoms with Gasteiger partial charge in [0.2, 0.25) is 11.8 Å². The van der Waals surface area contributed by atoms with E-state index < -0.39 is 46.1 Å². The molecule has 1 saturated heterocycles. The average Bonchev–Trinajstić information content (AvgIpc) is 3.57. The van der Waals surface area contributed by atoms with Gasteiger partial charge in [0.1, 0.15) is 23.3 Å². The number of anilines is 1. The summed E-state index contributed by atoms with van der Waals surface area (Å²) in [6.07, 6.45) is 1.97. The molecule has 0 radical (unpaired) electrons. The van der Waals surface area contributed by atoms with Gasteiger partial charge >= 0.3 is 0 Å². The van der Waals surface area contributed by atoms with Crippen LogP contribution in [0.5, 0.6) is 0 Å². The molecule has 0 aliphatic carbocycles.